The van der Waals surface area contributed by atoms with Gasteiger partial charge in [0.05, 0.1) is 0 Å². The molecule has 4 nitrogen and oxygen atoms in total. The third kappa shape index (κ3) is 1.72. The molecule has 2 fully saturated rings. The molecule has 0 unspecified atom stereocenters. The normalized spacial score (nSPS) is 28.4. The molecule has 86 valence electrons. The summed E-state index contributed by atoms with van der Waals surface area (Å²) in [5.41, 5.74) is 0. The second-order valence-electron chi connectivity index (χ2n) is 4.52. The Labute approximate surface area is 98.5 Å². The van der Waals surface area contributed by atoms with Crippen LogP contribution < -0.4 is 5.32 Å². The Morgan fingerprint density at radius 1 is 1.50 bits per heavy atom. The molecule has 2 bridgehead atoms. The number of fused-ring (bicyclic) bond motifs is 2. The molecule has 0 radical (unpaired) electrons. The highest BCUT2D eigenvalue weighted by Gasteiger charge is 2.35. The van der Waals surface area contributed by atoms with E-state index in [-0.39, 0.29) is 11.1 Å². The van der Waals surface area contributed by atoms with Crippen LogP contribution in [0.1, 0.15) is 17.0 Å². The summed E-state index contributed by atoms with van der Waals surface area (Å²) in [5.74, 6) is 0.879. The van der Waals surface area contributed by atoms with E-state index in [1.54, 1.807) is 12.1 Å². The van der Waals surface area contributed by atoms with Crippen LogP contribution >= 0.6 is 11.6 Å². The summed E-state index contributed by atoms with van der Waals surface area (Å²) in [6.45, 7) is 2.61. The summed E-state index contributed by atoms with van der Waals surface area (Å²) in [6, 6.07) is 3.69. The summed E-state index contributed by atoms with van der Waals surface area (Å²) in [5, 5.41) is 3.67. The molecule has 1 aromatic rings. The Kier molecular flexibility index (Phi) is 2.41. The number of carbonyl (C=O) groups is 1. The number of hydrogen-bond acceptors (Lipinski definition) is 3. The van der Waals surface area contributed by atoms with Gasteiger partial charge in [-0.25, -0.2) is 0 Å². The van der Waals surface area contributed by atoms with Crippen molar-refractivity contribution in [3.05, 3.63) is 23.1 Å². The average Bonchev–Trinajstić information content (AvgIpc) is 2.84. The molecule has 16 heavy (non-hydrogen) atoms. The van der Waals surface area contributed by atoms with Gasteiger partial charge in [-0.1, -0.05) is 0 Å². The maximum atomic E-state index is 12.1. The third-order valence-corrected chi connectivity index (χ3v) is 3.51. The van der Waals surface area contributed by atoms with Crippen molar-refractivity contribution in [3.63, 3.8) is 0 Å². The monoisotopic (exact) mass is 240 g/mol. The zero-order valence-electron chi connectivity index (χ0n) is 8.78. The maximum Gasteiger partial charge on any atom is 0.289 e. The van der Waals surface area contributed by atoms with Gasteiger partial charge in [0.2, 0.25) is 0 Å². The number of nitrogens with one attached hydrogen (secondary N) is 1. The molecule has 0 aliphatic carbocycles. The minimum Gasteiger partial charge on any atom is -0.440 e. The highest BCUT2D eigenvalue weighted by molar-refractivity contribution is 6.29. The fourth-order valence-corrected chi connectivity index (χ4v) is 2.73. The van der Waals surface area contributed by atoms with E-state index in [1.165, 1.54) is 6.42 Å². The molecule has 0 saturated carbocycles. The summed E-state index contributed by atoms with van der Waals surface area (Å²) < 4.78 is 5.14. The average molecular weight is 241 g/mol. The van der Waals surface area contributed by atoms with Crippen molar-refractivity contribution in [2.24, 2.45) is 5.92 Å². The van der Waals surface area contributed by atoms with Gasteiger partial charge in [0.15, 0.2) is 11.0 Å². The highest BCUT2D eigenvalue weighted by atomic mass is 35.5. The van der Waals surface area contributed by atoms with Crippen molar-refractivity contribution < 1.29 is 9.21 Å². The van der Waals surface area contributed by atoms with Crippen LogP contribution in [0.15, 0.2) is 16.5 Å². The number of likely N-dealkylation sites (tertiary alicyclic amines) is 1. The number of carbonyl (C=O) groups excluding carboxylic acids is 1. The fraction of sp³-hybridized carbons (Fsp3) is 0.545. The first-order valence-corrected chi connectivity index (χ1v) is 5.88. The van der Waals surface area contributed by atoms with E-state index in [4.69, 9.17) is 16.0 Å². The first kappa shape index (κ1) is 10.2. The first-order valence-electron chi connectivity index (χ1n) is 5.50. The Bertz CT molecular complexity index is 406. The summed E-state index contributed by atoms with van der Waals surface area (Å²) in [7, 11) is 0. The summed E-state index contributed by atoms with van der Waals surface area (Å²) in [4.78, 5) is 13.9. The highest BCUT2D eigenvalue weighted by Crippen LogP contribution is 2.24. The van der Waals surface area contributed by atoms with Crippen LogP contribution in [-0.2, 0) is 0 Å². The van der Waals surface area contributed by atoms with Gasteiger partial charge in [-0.2, -0.15) is 0 Å². The van der Waals surface area contributed by atoms with Gasteiger partial charge in [0.25, 0.3) is 5.91 Å². The number of rotatable bonds is 1. The molecule has 2 aliphatic heterocycles. The number of halogens is 1. The molecule has 1 aromatic heterocycles. The number of amides is 1. The van der Waals surface area contributed by atoms with Crippen molar-refractivity contribution >= 4 is 17.5 Å². The van der Waals surface area contributed by atoms with Crippen molar-refractivity contribution in [3.8, 4) is 0 Å². The number of furan rings is 1. The lowest BCUT2D eigenvalue weighted by Gasteiger charge is -2.30. The Hall–Kier alpha value is -1.00. The summed E-state index contributed by atoms with van der Waals surface area (Å²) in [6.07, 6.45) is 1.18. The maximum absolute atomic E-state index is 12.1. The van der Waals surface area contributed by atoms with Gasteiger partial charge in [-0.05, 0) is 36.1 Å². The van der Waals surface area contributed by atoms with Gasteiger partial charge >= 0.3 is 0 Å². The molecule has 2 saturated heterocycles. The molecule has 1 N–H and O–H groups in total. The first-order chi connectivity index (χ1) is 7.72. The predicted molar refractivity (Wildman–Crippen MR) is 59.5 cm³/mol. The van der Waals surface area contributed by atoms with Crippen molar-refractivity contribution in [1.29, 1.82) is 0 Å². The molecular weight excluding hydrogens is 228 g/mol. The topological polar surface area (TPSA) is 45.5 Å². The molecular formula is C11H13ClN2O2. The molecule has 5 heteroatoms. The lowest BCUT2D eigenvalue weighted by Crippen LogP contribution is -2.44. The van der Waals surface area contributed by atoms with E-state index in [9.17, 15) is 4.79 Å². The van der Waals surface area contributed by atoms with Gasteiger partial charge in [0, 0.05) is 25.7 Å². The molecule has 0 aromatic carbocycles. The standard InChI is InChI=1S/C11H13ClN2O2/c12-10-2-1-9(16-10)11(15)14-5-7-3-8(6-14)13-4-7/h1-2,7-8,13H,3-6H2/t7-,8-/m0/s1. The number of piperidine rings is 1. The van der Waals surface area contributed by atoms with Gasteiger partial charge < -0.3 is 14.6 Å². The second kappa shape index (κ2) is 3.79. The van der Waals surface area contributed by atoms with Crippen LogP contribution in [0, 0.1) is 5.92 Å². The Morgan fingerprint density at radius 3 is 3.06 bits per heavy atom. The molecule has 0 spiro atoms. The van der Waals surface area contributed by atoms with Crippen LogP contribution in [0.5, 0.6) is 0 Å². The van der Waals surface area contributed by atoms with Crippen LogP contribution in [-0.4, -0.2) is 36.5 Å². The molecule has 2 aliphatic rings. The van der Waals surface area contributed by atoms with E-state index >= 15 is 0 Å². The van der Waals surface area contributed by atoms with E-state index in [2.05, 4.69) is 5.32 Å². The number of hydrogen-bond donors (Lipinski definition) is 1. The Morgan fingerprint density at radius 2 is 2.38 bits per heavy atom. The summed E-state index contributed by atoms with van der Waals surface area (Å²) >= 11 is 5.66. The smallest absolute Gasteiger partial charge is 0.289 e. The molecule has 2 atom stereocenters. The van der Waals surface area contributed by atoms with Gasteiger partial charge in [0.1, 0.15) is 0 Å². The van der Waals surface area contributed by atoms with Crippen molar-refractivity contribution in [2.45, 2.75) is 12.5 Å². The Balaban J connectivity index is 1.76. The fourth-order valence-electron chi connectivity index (χ4n) is 2.58. The van der Waals surface area contributed by atoms with Crippen molar-refractivity contribution in [1.82, 2.24) is 10.2 Å². The van der Waals surface area contributed by atoms with Crippen LogP contribution in [0.4, 0.5) is 0 Å². The zero-order valence-corrected chi connectivity index (χ0v) is 9.54. The van der Waals surface area contributed by atoms with E-state index in [0.717, 1.165) is 19.6 Å². The number of nitrogens with zero attached hydrogens (tertiary/aromatic N) is 1. The predicted octanol–water partition coefficient (Wildman–Crippen LogP) is 1.37. The minimum absolute atomic E-state index is 0.0506. The molecule has 1 amide bonds. The van der Waals surface area contributed by atoms with E-state index in [1.807, 2.05) is 4.90 Å². The molecule has 3 heterocycles. The molecule has 3 rings (SSSR count). The zero-order chi connectivity index (χ0) is 11.1. The third-order valence-electron chi connectivity index (χ3n) is 3.30. The lowest BCUT2D eigenvalue weighted by atomic mass is 10.00. The van der Waals surface area contributed by atoms with Crippen molar-refractivity contribution in [2.75, 3.05) is 19.6 Å². The largest absolute Gasteiger partial charge is 0.440 e. The van der Waals surface area contributed by atoms with Crippen LogP contribution in [0.2, 0.25) is 5.22 Å². The van der Waals surface area contributed by atoms with Gasteiger partial charge in [-0.3, -0.25) is 4.79 Å². The van der Waals surface area contributed by atoms with E-state index < -0.39 is 0 Å². The quantitative estimate of drug-likeness (QED) is 0.807. The van der Waals surface area contributed by atoms with E-state index in [0.29, 0.717) is 17.7 Å². The minimum atomic E-state index is -0.0506. The SMILES string of the molecule is O=C(c1ccc(Cl)o1)N1C[C@@H]2CN[C@@H](C2)C1. The van der Waals surface area contributed by atoms with Crippen LogP contribution in [0.25, 0.3) is 0 Å². The van der Waals surface area contributed by atoms with Crippen LogP contribution in [0.3, 0.4) is 0 Å². The second-order valence-corrected chi connectivity index (χ2v) is 4.89. The lowest BCUT2D eigenvalue weighted by molar-refractivity contribution is 0.0659. The van der Waals surface area contributed by atoms with Gasteiger partial charge in [-0.15, -0.1) is 0 Å².